The first-order chi connectivity index (χ1) is 8.66. The third-order valence-electron chi connectivity index (χ3n) is 3.52. The highest BCUT2D eigenvalue weighted by atomic mass is 79.9. The minimum atomic E-state index is 0.0747. The molecule has 1 aromatic heterocycles. The van der Waals surface area contributed by atoms with E-state index in [9.17, 15) is 0 Å². The van der Waals surface area contributed by atoms with Crippen LogP contribution < -0.4 is 5.73 Å². The van der Waals surface area contributed by atoms with E-state index < -0.39 is 0 Å². The predicted octanol–water partition coefficient (Wildman–Crippen LogP) is 3.28. The van der Waals surface area contributed by atoms with Crippen LogP contribution in [0.25, 0.3) is 5.69 Å². The average Bonchev–Trinajstić information content (AvgIpc) is 3.07. The molecule has 0 amide bonds. The Morgan fingerprint density at radius 2 is 2.11 bits per heavy atom. The Labute approximate surface area is 119 Å². The van der Waals surface area contributed by atoms with Crippen LogP contribution in [0.2, 0.25) is 5.02 Å². The molecule has 0 atom stereocenters. The largest absolute Gasteiger partial charge is 0.330 e. The molecule has 0 unspecified atom stereocenters. The number of hydrogen-bond acceptors (Lipinski definition) is 2. The molecule has 5 heteroatoms. The van der Waals surface area contributed by atoms with Gasteiger partial charge >= 0.3 is 0 Å². The van der Waals surface area contributed by atoms with Crippen LogP contribution in [0.1, 0.15) is 18.5 Å². The molecule has 1 saturated carbocycles. The molecule has 18 heavy (non-hydrogen) atoms. The van der Waals surface area contributed by atoms with Gasteiger partial charge in [-0.1, -0.05) is 23.7 Å². The van der Waals surface area contributed by atoms with Gasteiger partial charge in [0, 0.05) is 18.2 Å². The summed E-state index contributed by atoms with van der Waals surface area (Å²) in [7, 11) is 0. The molecule has 1 heterocycles. The van der Waals surface area contributed by atoms with Crippen molar-refractivity contribution in [1.82, 2.24) is 9.78 Å². The molecular weight excluding hydrogens is 314 g/mol. The van der Waals surface area contributed by atoms with Gasteiger partial charge in [0.15, 0.2) is 0 Å². The average molecular weight is 327 g/mol. The van der Waals surface area contributed by atoms with Gasteiger partial charge in [0.05, 0.1) is 20.9 Å². The van der Waals surface area contributed by atoms with Gasteiger partial charge in [0.25, 0.3) is 0 Å². The second-order valence-corrected chi connectivity index (χ2v) is 5.97. The number of rotatable bonds is 3. The fourth-order valence-electron chi connectivity index (χ4n) is 2.16. The molecule has 2 N–H and O–H groups in total. The van der Waals surface area contributed by atoms with Crippen LogP contribution in [0.5, 0.6) is 0 Å². The molecule has 0 spiro atoms. The van der Waals surface area contributed by atoms with E-state index >= 15 is 0 Å². The summed E-state index contributed by atoms with van der Waals surface area (Å²) in [4.78, 5) is 0. The predicted molar refractivity (Wildman–Crippen MR) is 76.2 cm³/mol. The lowest BCUT2D eigenvalue weighted by molar-refractivity contribution is 0.659. The van der Waals surface area contributed by atoms with Crippen molar-refractivity contribution >= 4 is 27.5 Å². The summed E-state index contributed by atoms with van der Waals surface area (Å²) >= 11 is 9.76. The molecule has 0 saturated heterocycles. The fraction of sp³-hybridized carbons (Fsp3) is 0.308. The molecule has 3 nitrogen and oxygen atoms in total. The van der Waals surface area contributed by atoms with E-state index in [0.29, 0.717) is 11.6 Å². The SMILES string of the molecule is NCC1(c2nn(-c3ccccc3Cl)cc2Br)CC1. The molecule has 3 rings (SSSR count). The molecule has 1 aromatic carbocycles. The third-order valence-corrected chi connectivity index (χ3v) is 4.42. The molecule has 1 aliphatic rings. The van der Waals surface area contributed by atoms with Crippen molar-refractivity contribution in [3.05, 3.63) is 45.7 Å². The van der Waals surface area contributed by atoms with Gasteiger partial charge in [-0.3, -0.25) is 0 Å². The van der Waals surface area contributed by atoms with Crippen LogP contribution in [-0.2, 0) is 5.41 Å². The number of aromatic nitrogens is 2. The maximum absolute atomic E-state index is 6.18. The first kappa shape index (κ1) is 12.2. The van der Waals surface area contributed by atoms with Gasteiger partial charge in [0.2, 0.25) is 0 Å². The summed E-state index contributed by atoms with van der Waals surface area (Å²) in [5, 5.41) is 5.34. The van der Waals surface area contributed by atoms with E-state index in [2.05, 4.69) is 21.0 Å². The van der Waals surface area contributed by atoms with Gasteiger partial charge in [-0.2, -0.15) is 5.10 Å². The summed E-state index contributed by atoms with van der Waals surface area (Å²) in [6, 6.07) is 7.68. The molecule has 0 aliphatic heterocycles. The topological polar surface area (TPSA) is 43.8 Å². The van der Waals surface area contributed by atoms with Crippen molar-refractivity contribution in [3.8, 4) is 5.69 Å². The molecule has 0 bridgehead atoms. The minimum Gasteiger partial charge on any atom is -0.330 e. The van der Waals surface area contributed by atoms with Gasteiger partial charge in [0.1, 0.15) is 0 Å². The second kappa shape index (κ2) is 4.37. The smallest absolute Gasteiger partial charge is 0.0845 e. The quantitative estimate of drug-likeness (QED) is 0.940. The van der Waals surface area contributed by atoms with Crippen molar-refractivity contribution in [2.24, 2.45) is 5.73 Å². The summed E-state index contributed by atoms with van der Waals surface area (Å²) in [5.41, 5.74) is 7.86. The fourth-order valence-corrected chi connectivity index (χ4v) is 3.08. The molecule has 0 radical (unpaired) electrons. The Kier molecular flexibility index (Phi) is 2.96. The zero-order valence-electron chi connectivity index (χ0n) is 9.74. The maximum Gasteiger partial charge on any atom is 0.0845 e. The standard InChI is InChI=1S/C13H13BrClN3/c14-9-7-18(11-4-2-1-3-10(11)15)17-12(9)13(8-16)5-6-13/h1-4,7H,5-6,8,16H2. The summed E-state index contributed by atoms with van der Waals surface area (Å²) < 4.78 is 2.82. The lowest BCUT2D eigenvalue weighted by Gasteiger charge is -2.09. The molecule has 2 aromatic rings. The number of hydrogen-bond donors (Lipinski definition) is 1. The van der Waals surface area contributed by atoms with Crippen LogP contribution in [0.4, 0.5) is 0 Å². The second-order valence-electron chi connectivity index (χ2n) is 4.71. The molecular formula is C13H13BrClN3. The number of nitrogens with two attached hydrogens (primary N) is 1. The summed E-state index contributed by atoms with van der Waals surface area (Å²) in [6.07, 6.45) is 4.18. The highest BCUT2D eigenvalue weighted by molar-refractivity contribution is 9.10. The highest BCUT2D eigenvalue weighted by Gasteiger charge is 2.46. The summed E-state index contributed by atoms with van der Waals surface area (Å²) in [5.74, 6) is 0. The van der Waals surface area contributed by atoms with E-state index in [0.717, 1.165) is 28.7 Å². The van der Waals surface area contributed by atoms with Gasteiger partial charge in [-0.05, 0) is 40.9 Å². The number of nitrogens with zero attached hydrogens (tertiary/aromatic N) is 2. The van der Waals surface area contributed by atoms with Crippen molar-refractivity contribution in [1.29, 1.82) is 0 Å². The van der Waals surface area contributed by atoms with Crippen molar-refractivity contribution in [3.63, 3.8) is 0 Å². The van der Waals surface area contributed by atoms with E-state index in [1.807, 2.05) is 35.1 Å². The highest BCUT2D eigenvalue weighted by Crippen LogP contribution is 2.49. The Morgan fingerprint density at radius 1 is 1.39 bits per heavy atom. The van der Waals surface area contributed by atoms with Crippen LogP contribution in [0, 0.1) is 0 Å². The zero-order valence-corrected chi connectivity index (χ0v) is 12.1. The van der Waals surface area contributed by atoms with E-state index in [1.54, 1.807) is 0 Å². The lowest BCUT2D eigenvalue weighted by Crippen LogP contribution is -2.21. The normalized spacial score (nSPS) is 16.8. The van der Waals surface area contributed by atoms with Gasteiger partial charge < -0.3 is 5.73 Å². The number of halogens is 2. The first-order valence-electron chi connectivity index (χ1n) is 5.87. The molecule has 94 valence electrons. The van der Waals surface area contributed by atoms with Gasteiger partial charge in [-0.15, -0.1) is 0 Å². The van der Waals surface area contributed by atoms with Crippen LogP contribution >= 0.6 is 27.5 Å². The lowest BCUT2D eigenvalue weighted by atomic mass is 10.0. The van der Waals surface area contributed by atoms with Crippen LogP contribution in [-0.4, -0.2) is 16.3 Å². The Balaban J connectivity index is 2.06. The zero-order chi connectivity index (χ0) is 12.8. The Hall–Kier alpha value is -0.840. The monoisotopic (exact) mass is 325 g/mol. The first-order valence-corrected chi connectivity index (χ1v) is 7.04. The van der Waals surface area contributed by atoms with Crippen molar-refractivity contribution in [2.45, 2.75) is 18.3 Å². The molecule has 1 fully saturated rings. The van der Waals surface area contributed by atoms with E-state index in [-0.39, 0.29) is 5.41 Å². The van der Waals surface area contributed by atoms with Crippen LogP contribution in [0.3, 0.4) is 0 Å². The van der Waals surface area contributed by atoms with E-state index in [1.165, 1.54) is 0 Å². The maximum atomic E-state index is 6.18. The Morgan fingerprint density at radius 3 is 2.72 bits per heavy atom. The molecule has 1 aliphatic carbocycles. The Bertz CT molecular complexity index is 590. The number of benzene rings is 1. The third kappa shape index (κ3) is 1.88. The number of para-hydroxylation sites is 1. The van der Waals surface area contributed by atoms with Gasteiger partial charge in [-0.25, -0.2) is 4.68 Å². The van der Waals surface area contributed by atoms with E-state index in [4.69, 9.17) is 17.3 Å². The summed E-state index contributed by atoms with van der Waals surface area (Å²) in [6.45, 7) is 0.644. The van der Waals surface area contributed by atoms with Crippen molar-refractivity contribution < 1.29 is 0 Å². The van der Waals surface area contributed by atoms with Crippen LogP contribution in [0.15, 0.2) is 34.9 Å². The van der Waals surface area contributed by atoms with Crippen molar-refractivity contribution in [2.75, 3.05) is 6.54 Å². The minimum absolute atomic E-state index is 0.0747.